The van der Waals surface area contributed by atoms with Crippen molar-refractivity contribution in [3.05, 3.63) is 54.1 Å². The number of aryl methyl sites for hydroxylation is 1. The second kappa shape index (κ2) is 8.27. The number of ether oxygens (including phenoxy) is 2. The van der Waals surface area contributed by atoms with Gasteiger partial charge in [-0.2, -0.15) is 4.52 Å². The molecule has 0 spiro atoms. The smallest absolute Gasteiger partial charge is 0.264 e. The monoisotopic (exact) mass is 409 g/mol. The maximum atomic E-state index is 12.2. The minimum atomic E-state index is -0.291. The number of hydrogen-bond donors (Lipinski definition) is 1. The number of para-hydroxylation sites is 1. The molecule has 1 N–H and O–H groups in total. The predicted octanol–water partition coefficient (Wildman–Crippen LogP) is 3.58. The van der Waals surface area contributed by atoms with E-state index in [1.165, 1.54) is 11.3 Å². The van der Waals surface area contributed by atoms with Crippen LogP contribution in [0.1, 0.15) is 12.5 Å². The fraction of sp³-hybridized carbons (Fsp3) is 0.200. The summed E-state index contributed by atoms with van der Waals surface area (Å²) < 4.78 is 12.6. The number of aromatic nitrogens is 4. The van der Waals surface area contributed by atoms with Crippen LogP contribution < -0.4 is 14.8 Å². The summed E-state index contributed by atoms with van der Waals surface area (Å²) in [6, 6.07) is 15.1. The Balaban J connectivity index is 1.45. The van der Waals surface area contributed by atoms with Crippen molar-refractivity contribution in [3.8, 4) is 22.9 Å². The van der Waals surface area contributed by atoms with Crippen molar-refractivity contribution in [1.82, 2.24) is 19.8 Å². The van der Waals surface area contributed by atoms with E-state index in [2.05, 4.69) is 20.6 Å². The van der Waals surface area contributed by atoms with Crippen molar-refractivity contribution in [1.29, 1.82) is 0 Å². The molecule has 0 fully saturated rings. The first-order chi connectivity index (χ1) is 14.1. The van der Waals surface area contributed by atoms with Gasteiger partial charge in [0.05, 0.1) is 6.61 Å². The van der Waals surface area contributed by atoms with Crippen LogP contribution in [0, 0.1) is 6.92 Å². The highest BCUT2D eigenvalue weighted by atomic mass is 32.1. The van der Waals surface area contributed by atoms with E-state index in [4.69, 9.17) is 9.47 Å². The lowest BCUT2D eigenvalue weighted by molar-refractivity contribution is -0.118. The maximum absolute atomic E-state index is 12.2. The van der Waals surface area contributed by atoms with Crippen molar-refractivity contribution < 1.29 is 14.3 Å². The zero-order valence-electron chi connectivity index (χ0n) is 16.0. The third-order valence-electron chi connectivity index (χ3n) is 4.11. The lowest BCUT2D eigenvalue weighted by Gasteiger charge is -2.07. The van der Waals surface area contributed by atoms with Gasteiger partial charge in [0.25, 0.3) is 5.91 Å². The van der Waals surface area contributed by atoms with E-state index < -0.39 is 0 Å². The zero-order chi connectivity index (χ0) is 20.2. The van der Waals surface area contributed by atoms with Crippen LogP contribution >= 0.6 is 11.3 Å². The Morgan fingerprint density at radius 1 is 1.10 bits per heavy atom. The average molecular weight is 409 g/mol. The van der Waals surface area contributed by atoms with Crippen LogP contribution in [0.5, 0.6) is 11.5 Å². The van der Waals surface area contributed by atoms with Crippen molar-refractivity contribution in [2.45, 2.75) is 13.8 Å². The molecule has 0 unspecified atom stereocenters. The molecular formula is C20H19N5O3S. The lowest BCUT2D eigenvalue weighted by atomic mass is 10.2. The van der Waals surface area contributed by atoms with E-state index in [9.17, 15) is 4.79 Å². The second-order valence-electron chi connectivity index (χ2n) is 6.18. The van der Waals surface area contributed by atoms with Crippen LogP contribution in [0.3, 0.4) is 0 Å². The molecule has 0 saturated heterocycles. The zero-order valence-corrected chi connectivity index (χ0v) is 16.8. The Hall–Kier alpha value is -3.46. The third-order valence-corrected chi connectivity index (χ3v) is 4.93. The fourth-order valence-corrected chi connectivity index (χ4v) is 3.49. The topological polar surface area (TPSA) is 90.6 Å². The first-order valence-corrected chi connectivity index (χ1v) is 9.89. The van der Waals surface area contributed by atoms with Gasteiger partial charge in [-0.05, 0) is 49.7 Å². The van der Waals surface area contributed by atoms with Crippen LogP contribution in [0.2, 0.25) is 0 Å². The Bertz CT molecular complexity index is 1140. The van der Waals surface area contributed by atoms with Crippen LogP contribution in [0.4, 0.5) is 5.13 Å². The minimum Gasteiger partial charge on any atom is -0.494 e. The highest BCUT2D eigenvalue weighted by Crippen LogP contribution is 2.25. The molecule has 2 heterocycles. The number of rotatable bonds is 7. The van der Waals surface area contributed by atoms with Gasteiger partial charge in [0.2, 0.25) is 10.1 Å². The van der Waals surface area contributed by atoms with Crippen LogP contribution in [-0.4, -0.2) is 38.9 Å². The van der Waals surface area contributed by atoms with E-state index in [0.717, 1.165) is 16.9 Å². The summed E-state index contributed by atoms with van der Waals surface area (Å²) in [6.07, 6.45) is 0. The van der Waals surface area contributed by atoms with E-state index >= 15 is 0 Å². The number of nitrogens with zero attached hydrogens (tertiary/aromatic N) is 4. The number of amides is 1. The number of hydrogen-bond acceptors (Lipinski definition) is 7. The number of carbonyl (C=O) groups excluding carboxylic acids is 1. The van der Waals surface area contributed by atoms with Gasteiger partial charge in [0, 0.05) is 5.56 Å². The average Bonchev–Trinajstić information content (AvgIpc) is 3.28. The van der Waals surface area contributed by atoms with Crippen LogP contribution in [0.25, 0.3) is 16.3 Å². The number of nitrogens with one attached hydrogen (secondary N) is 1. The number of carbonyl (C=O) groups is 1. The summed E-state index contributed by atoms with van der Waals surface area (Å²) in [7, 11) is 0. The van der Waals surface area contributed by atoms with E-state index in [1.807, 2.05) is 62.4 Å². The van der Waals surface area contributed by atoms with Crippen molar-refractivity contribution in [2.24, 2.45) is 0 Å². The molecule has 4 rings (SSSR count). The van der Waals surface area contributed by atoms with Crippen molar-refractivity contribution in [3.63, 3.8) is 0 Å². The normalized spacial score (nSPS) is 10.8. The van der Waals surface area contributed by atoms with Crippen LogP contribution in [-0.2, 0) is 4.79 Å². The van der Waals surface area contributed by atoms with Gasteiger partial charge in [0.1, 0.15) is 11.5 Å². The van der Waals surface area contributed by atoms with Gasteiger partial charge in [-0.15, -0.1) is 15.3 Å². The molecule has 4 aromatic rings. The van der Waals surface area contributed by atoms with E-state index in [0.29, 0.717) is 28.3 Å². The molecule has 0 aliphatic rings. The van der Waals surface area contributed by atoms with Gasteiger partial charge < -0.3 is 9.47 Å². The first kappa shape index (κ1) is 18.9. The molecule has 29 heavy (non-hydrogen) atoms. The predicted molar refractivity (Wildman–Crippen MR) is 111 cm³/mol. The summed E-state index contributed by atoms with van der Waals surface area (Å²) in [5.41, 5.74) is 1.83. The molecule has 0 aliphatic heterocycles. The number of fused-ring (bicyclic) bond motifs is 1. The highest BCUT2D eigenvalue weighted by Gasteiger charge is 2.15. The number of anilines is 1. The summed E-state index contributed by atoms with van der Waals surface area (Å²) in [5.74, 6) is 1.77. The van der Waals surface area contributed by atoms with Crippen molar-refractivity contribution in [2.75, 3.05) is 18.5 Å². The Morgan fingerprint density at radius 2 is 1.90 bits per heavy atom. The molecule has 0 saturated carbocycles. The summed E-state index contributed by atoms with van der Waals surface area (Å²) in [4.78, 5) is 12.8. The second-order valence-corrected chi connectivity index (χ2v) is 7.14. The molecule has 2 aromatic heterocycles. The molecule has 0 atom stereocenters. The Morgan fingerprint density at radius 3 is 2.66 bits per heavy atom. The molecular weight excluding hydrogens is 390 g/mol. The highest BCUT2D eigenvalue weighted by molar-refractivity contribution is 7.20. The summed E-state index contributed by atoms with van der Waals surface area (Å²) in [5, 5.41) is 15.9. The van der Waals surface area contributed by atoms with Crippen molar-refractivity contribution >= 4 is 27.3 Å². The SMILES string of the molecule is CCOc1ccc(-c2nnc3sc(NC(=O)COc4ccccc4C)nn23)cc1. The van der Waals surface area contributed by atoms with Crippen LogP contribution in [0.15, 0.2) is 48.5 Å². The molecule has 0 bridgehead atoms. The first-order valence-electron chi connectivity index (χ1n) is 9.08. The van der Waals surface area contributed by atoms with Gasteiger partial charge in [-0.3, -0.25) is 10.1 Å². The molecule has 148 valence electrons. The molecule has 1 amide bonds. The lowest BCUT2D eigenvalue weighted by Crippen LogP contribution is -2.20. The molecule has 8 nitrogen and oxygen atoms in total. The van der Waals surface area contributed by atoms with Gasteiger partial charge >= 0.3 is 0 Å². The van der Waals surface area contributed by atoms with E-state index in [1.54, 1.807) is 4.52 Å². The quantitative estimate of drug-likeness (QED) is 0.502. The molecule has 9 heteroatoms. The van der Waals surface area contributed by atoms with Gasteiger partial charge in [-0.25, -0.2) is 0 Å². The molecule has 0 radical (unpaired) electrons. The Labute approximate surface area is 171 Å². The maximum Gasteiger partial charge on any atom is 0.264 e. The van der Waals surface area contributed by atoms with Gasteiger partial charge in [0.15, 0.2) is 12.4 Å². The third kappa shape index (κ3) is 4.19. The Kier molecular flexibility index (Phi) is 5.39. The standard InChI is InChI=1S/C20H19N5O3S/c1-3-27-15-10-8-14(9-11-15)18-22-23-20-25(18)24-19(29-20)21-17(26)12-28-16-7-5-4-6-13(16)2/h4-11H,3,12H2,1-2H3,(H,21,24,26). The largest absolute Gasteiger partial charge is 0.494 e. The molecule has 2 aromatic carbocycles. The fourth-order valence-electron chi connectivity index (χ4n) is 2.73. The van der Waals surface area contributed by atoms with E-state index in [-0.39, 0.29) is 12.5 Å². The minimum absolute atomic E-state index is 0.100. The molecule has 0 aliphatic carbocycles. The number of benzene rings is 2. The summed E-state index contributed by atoms with van der Waals surface area (Å²) >= 11 is 1.24. The summed E-state index contributed by atoms with van der Waals surface area (Å²) in [6.45, 7) is 4.37. The van der Waals surface area contributed by atoms with Gasteiger partial charge in [-0.1, -0.05) is 29.5 Å².